The van der Waals surface area contributed by atoms with Gasteiger partial charge in [0.25, 0.3) is 0 Å². The highest BCUT2D eigenvalue weighted by Gasteiger charge is 2.18. The third-order valence-electron chi connectivity index (χ3n) is 4.25. The Kier molecular flexibility index (Phi) is 10.3. The maximum atomic E-state index is 11.6. The highest BCUT2D eigenvalue weighted by molar-refractivity contribution is 6.00. The quantitative estimate of drug-likeness (QED) is 0.296. The Bertz CT molecular complexity index is 563. The summed E-state index contributed by atoms with van der Waals surface area (Å²) in [7, 11) is 0. The van der Waals surface area contributed by atoms with Crippen molar-refractivity contribution >= 4 is 17.5 Å². The van der Waals surface area contributed by atoms with Gasteiger partial charge in [0.05, 0.1) is 24.7 Å². The van der Waals surface area contributed by atoms with Gasteiger partial charge in [-0.25, -0.2) is 4.79 Å². The van der Waals surface area contributed by atoms with Crippen LogP contribution in [0.1, 0.15) is 69.7 Å². The summed E-state index contributed by atoms with van der Waals surface area (Å²) < 4.78 is 10.6. The highest BCUT2D eigenvalue weighted by Crippen LogP contribution is 2.15. The normalized spacial score (nSPS) is 10.6. The molecular weight excluding hydrogens is 332 g/mol. The predicted molar refractivity (Wildman–Crippen MR) is 100 cm³/mol. The molecule has 0 saturated carbocycles. The molecule has 0 heterocycles. The van der Waals surface area contributed by atoms with Gasteiger partial charge in [0, 0.05) is 0 Å². The Morgan fingerprint density at radius 1 is 0.885 bits per heavy atom. The fraction of sp³-hybridized carbons (Fsp3) is 0.571. The van der Waals surface area contributed by atoms with E-state index in [9.17, 15) is 14.4 Å². The number of Topliss-reactive ketones (excluding diaryl/α,β-unsaturated/α-hetero) is 2. The average molecular weight is 362 g/mol. The van der Waals surface area contributed by atoms with Crippen molar-refractivity contribution in [1.82, 2.24) is 0 Å². The average Bonchev–Trinajstić information content (AvgIpc) is 2.60. The van der Waals surface area contributed by atoms with Gasteiger partial charge in [0.1, 0.15) is 17.3 Å². The monoisotopic (exact) mass is 362 g/mol. The SMILES string of the molecule is CCOC(=O)c1ccc(OCCCCCCCC(C(C)=O)C(C)=O)cc1. The number of benzene rings is 1. The molecule has 5 heteroatoms. The summed E-state index contributed by atoms with van der Waals surface area (Å²) in [6.07, 6.45) is 5.64. The van der Waals surface area contributed by atoms with Crippen molar-refractivity contribution in [3.63, 3.8) is 0 Å². The summed E-state index contributed by atoms with van der Waals surface area (Å²) in [6.45, 7) is 5.75. The Morgan fingerprint density at radius 2 is 1.46 bits per heavy atom. The third kappa shape index (κ3) is 8.28. The van der Waals surface area contributed by atoms with Crippen molar-refractivity contribution in [2.24, 2.45) is 5.92 Å². The van der Waals surface area contributed by atoms with E-state index in [0.717, 1.165) is 37.9 Å². The van der Waals surface area contributed by atoms with E-state index in [0.29, 0.717) is 25.2 Å². The van der Waals surface area contributed by atoms with Crippen LogP contribution in [-0.4, -0.2) is 30.7 Å². The maximum Gasteiger partial charge on any atom is 0.338 e. The van der Waals surface area contributed by atoms with Crippen LogP contribution >= 0.6 is 0 Å². The number of hydrogen-bond acceptors (Lipinski definition) is 5. The molecule has 0 unspecified atom stereocenters. The molecule has 1 rings (SSSR count). The second kappa shape index (κ2) is 12.2. The Hall–Kier alpha value is -2.17. The maximum absolute atomic E-state index is 11.6. The molecule has 5 nitrogen and oxygen atoms in total. The highest BCUT2D eigenvalue weighted by atomic mass is 16.5. The molecule has 0 radical (unpaired) electrons. The van der Waals surface area contributed by atoms with E-state index in [1.807, 2.05) is 0 Å². The Labute approximate surface area is 156 Å². The fourth-order valence-electron chi connectivity index (χ4n) is 2.77. The first-order valence-electron chi connectivity index (χ1n) is 9.36. The summed E-state index contributed by atoms with van der Waals surface area (Å²) in [5, 5.41) is 0. The van der Waals surface area contributed by atoms with Gasteiger partial charge in [-0.3, -0.25) is 9.59 Å². The van der Waals surface area contributed by atoms with Gasteiger partial charge in [0.15, 0.2) is 0 Å². The van der Waals surface area contributed by atoms with Crippen LogP contribution in [0.15, 0.2) is 24.3 Å². The minimum atomic E-state index is -0.420. The van der Waals surface area contributed by atoms with Crippen molar-refractivity contribution in [3.05, 3.63) is 29.8 Å². The number of ketones is 2. The van der Waals surface area contributed by atoms with Crippen LogP contribution in [-0.2, 0) is 14.3 Å². The minimum Gasteiger partial charge on any atom is -0.494 e. The molecular formula is C21H30O5. The standard InChI is InChI=1S/C21H30O5/c1-4-25-21(24)18-11-13-19(14-12-18)26-15-9-7-5-6-8-10-20(16(2)22)17(3)23/h11-14,20H,4-10,15H2,1-3H3. The van der Waals surface area contributed by atoms with E-state index in [1.54, 1.807) is 31.2 Å². The molecule has 0 aliphatic heterocycles. The van der Waals surface area contributed by atoms with Crippen LogP contribution in [0, 0.1) is 5.92 Å². The van der Waals surface area contributed by atoms with E-state index < -0.39 is 5.92 Å². The van der Waals surface area contributed by atoms with Gasteiger partial charge >= 0.3 is 5.97 Å². The number of ether oxygens (including phenoxy) is 2. The number of carbonyl (C=O) groups is 3. The van der Waals surface area contributed by atoms with E-state index in [1.165, 1.54) is 13.8 Å². The van der Waals surface area contributed by atoms with Crippen LogP contribution in [0.5, 0.6) is 5.75 Å². The number of hydrogen-bond donors (Lipinski definition) is 0. The summed E-state index contributed by atoms with van der Waals surface area (Å²) >= 11 is 0. The molecule has 0 bridgehead atoms. The molecule has 144 valence electrons. The lowest BCUT2D eigenvalue weighted by atomic mass is 9.94. The summed E-state index contributed by atoms with van der Waals surface area (Å²) in [5.74, 6) is -0.0599. The number of rotatable bonds is 13. The van der Waals surface area contributed by atoms with Gasteiger partial charge in [-0.15, -0.1) is 0 Å². The molecule has 26 heavy (non-hydrogen) atoms. The lowest BCUT2D eigenvalue weighted by molar-refractivity contribution is -0.130. The second-order valence-electron chi connectivity index (χ2n) is 6.42. The van der Waals surface area contributed by atoms with Crippen LogP contribution in [0.2, 0.25) is 0 Å². The molecule has 0 fully saturated rings. The Balaban J connectivity index is 2.13. The van der Waals surface area contributed by atoms with E-state index in [-0.39, 0.29) is 17.5 Å². The molecule has 0 amide bonds. The zero-order valence-corrected chi connectivity index (χ0v) is 16.1. The molecule has 0 spiro atoms. The topological polar surface area (TPSA) is 69.7 Å². The lowest BCUT2D eigenvalue weighted by Gasteiger charge is -2.10. The fourth-order valence-corrected chi connectivity index (χ4v) is 2.77. The Morgan fingerprint density at radius 3 is 2.04 bits per heavy atom. The summed E-state index contributed by atoms with van der Waals surface area (Å²) in [4.78, 5) is 34.3. The molecule has 0 aliphatic rings. The number of carbonyl (C=O) groups excluding carboxylic acids is 3. The van der Waals surface area contributed by atoms with E-state index in [2.05, 4.69) is 0 Å². The molecule has 0 aliphatic carbocycles. The zero-order chi connectivity index (χ0) is 19.4. The first-order valence-corrected chi connectivity index (χ1v) is 9.36. The molecule has 1 aromatic rings. The zero-order valence-electron chi connectivity index (χ0n) is 16.1. The van der Waals surface area contributed by atoms with Gasteiger partial charge in [-0.1, -0.05) is 25.7 Å². The first-order chi connectivity index (χ1) is 12.5. The minimum absolute atomic E-state index is 0.0279. The third-order valence-corrected chi connectivity index (χ3v) is 4.25. The van der Waals surface area contributed by atoms with Crippen molar-refractivity contribution in [2.45, 2.75) is 59.3 Å². The van der Waals surface area contributed by atoms with Crippen LogP contribution < -0.4 is 4.74 Å². The van der Waals surface area contributed by atoms with Gasteiger partial charge in [-0.05, 0) is 57.9 Å². The summed E-state index contributed by atoms with van der Waals surface area (Å²) in [5.41, 5.74) is 0.522. The van der Waals surface area contributed by atoms with Crippen LogP contribution in [0.25, 0.3) is 0 Å². The predicted octanol–water partition coefficient (Wildman–Crippen LogP) is 4.38. The van der Waals surface area contributed by atoms with E-state index in [4.69, 9.17) is 9.47 Å². The van der Waals surface area contributed by atoms with Gasteiger partial charge < -0.3 is 9.47 Å². The van der Waals surface area contributed by atoms with Crippen molar-refractivity contribution in [3.8, 4) is 5.75 Å². The second-order valence-corrected chi connectivity index (χ2v) is 6.42. The van der Waals surface area contributed by atoms with Gasteiger partial charge in [-0.2, -0.15) is 0 Å². The van der Waals surface area contributed by atoms with Gasteiger partial charge in [0.2, 0.25) is 0 Å². The molecule has 1 aromatic carbocycles. The van der Waals surface area contributed by atoms with E-state index >= 15 is 0 Å². The van der Waals surface area contributed by atoms with Crippen molar-refractivity contribution in [1.29, 1.82) is 0 Å². The molecule has 0 aromatic heterocycles. The molecule has 0 saturated heterocycles. The number of esters is 1. The largest absolute Gasteiger partial charge is 0.494 e. The van der Waals surface area contributed by atoms with Crippen molar-refractivity contribution < 1.29 is 23.9 Å². The van der Waals surface area contributed by atoms with Crippen molar-refractivity contribution in [2.75, 3.05) is 13.2 Å². The van der Waals surface area contributed by atoms with Crippen LogP contribution in [0.4, 0.5) is 0 Å². The summed E-state index contributed by atoms with van der Waals surface area (Å²) in [6, 6.07) is 6.95. The smallest absolute Gasteiger partial charge is 0.338 e. The van der Waals surface area contributed by atoms with Crippen LogP contribution in [0.3, 0.4) is 0 Å². The first kappa shape index (κ1) is 21.9. The molecule has 0 atom stereocenters. The number of unbranched alkanes of at least 4 members (excludes halogenated alkanes) is 4. The lowest BCUT2D eigenvalue weighted by Crippen LogP contribution is -2.19. The molecule has 0 N–H and O–H groups in total.